The minimum atomic E-state index is 0.749. The minimum Gasteiger partial charge on any atom is -0.497 e. The third-order valence-corrected chi connectivity index (χ3v) is 4.11. The molecule has 0 heterocycles. The first-order chi connectivity index (χ1) is 9.38. The van der Waals surface area contributed by atoms with E-state index >= 15 is 0 Å². The summed E-state index contributed by atoms with van der Waals surface area (Å²) in [5.41, 5.74) is 1.39. The van der Waals surface area contributed by atoms with E-state index in [9.17, 15) is 0 Å². The average Bonchev–Trinajstić information content (AvgIpc) is 2.42. The van der Waals surface area contributed by atoms with E-state index in [1.54, 1.807) is 7.11 Å². The molecule has 0 radical (unpaired) electrons. The Hall–Kier alpha value is -1.02. The summed E-state index contributed by atoms with van der Waals surface area (Å²) in [6.45, 7) is 1.09. The Bertz CT molecular complexity index is 339. The molecular formula is C17H27NO. The number of rotatable bonds is 5. The zero-order chi connectivity index (χ0) is 13.3. The van der Waals surface area contributed by atoms with Crippen LogP contribution in [0, 0.1) is 0 Å². The standard InChI is InChI=1S/C17H27NO/c1-19-17-11-9-15(10-12-17)13-14-18-16-7-5-3-2-4-6-8-16/h9-12,16,18H,2-8,13-14H2,1H3. The van der Waals surface area contributed by atoms with Crippen LogP contribution in [0.4, 0.5) is 0 Å². The van der Waals surface area contributed by atoms with Gasteiger partial charge in [-0.05, 0) is 43.5 Å². The maximum absolute atomic E-state index is 5.18. The number of hydrogen-bond donors (Lipinski definition) is 1. The van der Waals surface area contributed by atoms with Gasteiger partial charge in [-0.25, -0.2) is 0 Å². The second kappa shape index (κ2) is 8.21. The van der Waals surface area contributed by atoms with Crippen LogP contribution < -0.4 is 10.1 Å². The average molecular weight is 261 g/mol. The van der Waals surface area contributed by atoms with Gasteiger partial charge in [0.2, 0.25) is 0 Å². The lowest BCUT2D eigenvalue weighted by Gasteiger charge is -2.21. The molecule has 2 rings (SSSR count). The smallest absolute Gasteiger partial charge is 0.118 e. The normalized spacial score (nSPS) is 17.7. The van der Waals surface area contributed by atoms with Crippen molar-refractivity contribution >= 4 is 0 Å². The van der Waals surface area contributed by atoms with E-state index in [4.69, 9.17) is 4.74 Å². The van der Waals surface area contributed by atoms with Gasteiger partial charge in [0, 0.05) is 6.04 Å². The summed E-state index contributed by atoms with van der Waals surface area (Å²) in [5.74, 6) is 0.941. The molecule has 2 heteroatoms. The molecule has 0 saturated heterocycles. The lowest BCUT2D eigenvalue weighted by Crippen LogP contribution is -2.31. The van der Waals surface area contributed by atoms with Gasteiger partial charge in [-0.2, -0.15) is 0 Å². The van der Waals surface area contributed by atoms with Gasteiger partial charge in [-0.1, -0.05) is 44.2 Å². The quantitative estimate of drug-likeness (QED) is 0.867. The summed E-state index contributed by atoms with van der Waals surface area (Å²) in [5, 5.41) is 3.74. The van der Waals surface area contributed by atoms with Crippen molar-refractivity contribution in [2.75, 3.05) is 13.7 Å². The molecule has 0 unspecified atom stereocenters. The molecule has 0 aliphatic heterocycles. The fourth-order valence-corrected chi connectivity index (χ4v) is 2.87. The van der Waals surface area contributed by atoms with E-state index in [2.05, 4.69) is 17.4 Å². The summed E-state index contributed by atoms with van der Waals surface area (Å²) in [6, 6.07) is 9.17. The molecule has 1 aliphatic rings. The van der Waals surface area contributed by atoms with Gasteiger partial charge in [0.1, 0.15) is 5.75 Å². The molecular weight excluding hydrogens is 234 g/mol. The number of nitrogens with one attached hydrogen (secondary N) is 1. The van der Waals surface area contributed by atoms with Crippen LogP contribution in [-0.2, 0) is 6.42 Å². The van der Waals surface area contributed by atoms with Gasteiger partial charge in [-0.15, -0.1) is 0 Å². The number of ether oxygens (including phenoxy) is 1. The molecule has 0 aromatic heterocycles. The highest BCUT2D eigenvalue weighted by atomic mass is 16.5. The Kier molecular flexibility index (Phi) is 6.22. The van der Waals surface area contributed by atoms with Crippen molar-refractivity contribution in [3.8, 4) is 5.75 Å². The van der Waals surface area contributed by atoms with Crippen molar-refractivity contribution in [3.05, 3.63) is 29.8 Å². The summed E-state index contributed by atoms with van der Waals surface area (Å²) in [4.78, 5) is 0. The Labute approximate surface area is 117 Å². The molecule has 0 spiro atoms. The number of hydrogen-bond acceptors (Lipinski definition) is 2. The summed E-state index contributed by atoms with van der Waals surface area (Å²) >= 11 is 0. The van der Waals surface area contributed by atoms with Crippen molar-refractivity contribution in [2.24, 2.45) is 0 Å². The summed E-state index contributed by atoms with van der Waals surface area (Å²) in [7, 11) is 1.71. The van der Waals surface area contributed by atoms with Crippen LogP contribution in [0.1, 0.15) is 50.5 Å². The van der Waals surface area contributed by atoms with Crippen LogP contribution in [-0.4, -0.2) is 19.7 Å². The van der Waals surface area contributed by atoms with E-state index in [0.717, 1.165) is 24.8 Å². The Morgan fingerprint density at radius 2 is 1.63 bits per heavy atom. The molecule has 1 fully saturated rings. The highest BCUT2D eigenvalue weighted by Crippen LogP contribution is 2.17. The van der Waals surface area contributed by atoms with Crippen molar-refractivity contribution in [1.29, 1.82) is 0 Å². The van der Waals surface area contributed by atoms with Gasteiger partial charge >= 0.3 is 0 Å². The highest BCUT2D eigenvalue weighted by Gasteiger charge is 2.10. The molecule has 1 saturated carbocycles. The SMILES string of the molecule is COc1ccc(CCNC2CCCCCCC2)cc1. The van der Waals surface area contributed by atoms with E-state index in [0.29, 0.717) is 0 Å². The third kappa shape index (κ3) is 5.23. The Morgan fingerprint density at radius 1 is 1.00 bits per heavy atom. The monoisotopic (exact) mass is 261 g/mol. The van der Waals surface area contributed by atoms with E-state index in [1.807, 2.05) is 12.1 Å². The Balaban J connectivity index is 1.69. The second-order valence-electron chi connectivity index (χ2n) is 5.59. The molecule has 1 aromatic rings. The largest absolute Gasteiger partial charge is 0.497 e. The predicted octanol–water partition coefficient (Wildman–Crippen LogP) is 3.94. The lowest BCUT2D eigenvalue weighted by molar-refractivity contribution is 0.392. The Morgan fingerprint density at radius 3 is 2.26 bits per heavy atom. The first kappa shape index (κ1) is 14.4. The predicted molar refractivity (Wildman–Crippen MR) is 80.8 cm³/mol. The zero-order valence-corrected chi connectivity index (χ0v) is 12.2. The molecule has 19 heavy (non-hydrogen) atoms. The van der Waals surface area contributed by atoms with Gasteiger partial charge in [0.15, 0.2) is 0 Å². The van der Waals surface area contributed by atoms with Gasteiger partial charge in [0.05, 0.1) is 7.11 Å². The van der Waals surface area contributed by atoms with E-state index in [-0.39, 0.29) is 0 Å². The molecule has 1 aromatic carbocycles. The lowest BCUT2D eigenvalue weighted by atomic mass is 9.96. The fraction of sp³-hybridized carbons (Fsp3) is 0.647. The molecule has 0 bridgehead atoms. The molecule has 106 valence electrons. The van der Waals surface area contributed by atoms with Crippen molar-refractivity contribution in [3.63, 3.8) is 0 Å². The van der Waals surface area contributed by atoms with Crippen LogP contribution in [0.5, 0.6) is 5.75 Å². The van der Waals surface area contributed by atoms with Gasteiger partial charge in [-0.3, -0.25) is 0 Å². The topological polar surface area (TPSA) is 21.3 Å². The number of methoxy groups -OCH3 is 1. The first-order valence-corrected chi connectivity index (χ1v) is 7.75. The van der Waals surface area contributed by atoms with Crippen LogP contribution in [0.25, 0.3) is 0 Å². The summed E-state index contributed by atoms with van der Waals surface area (Å²) < 4.78 is 5.18. The zero-order valence-electron chi connectivity index (χ0n) is 12.2. The number of benzene rings is 1. The minimum absolute atomic E-state index is 0.749. The first-order valence-electron chi connectivity index (χ1n) is 7.75. The molecule has 1 N–H and O–H groups in total. The van der Waals surface area contributed by atoms with Gasteiger partial charge in [0.25, 0.3) is 0 Å². The van der Waals surface area contributed by atoms with E-state index in [1.165, 1.54) is 50.5 Å². The van der Waals surface area contributed by atoms with Crippen molar-refractivity contribution in [2.45, 2.75) is 57.4 Å². The second-order valence-corrected chi connectivity index (χ2v) is 5.59. The van der Waals surface area contributed by atoms with Crippen molar-refractivity contribution in [1.82, 2.24) is 5.32 Å². The third-order valence-electron chi connectivity index (χ3n) is 4.11. The maximum atomic E-state index is 5.18. The van der Waals surface area contributed by atoms with Crippen LogP contribution in [0.3, 0.4) is 0 Å². The van der Waals surface area contributed by atoms with Gasteiger partial charge < -0.3 is 10.1 Å². The maximum Gasteiger partial charge on any atom is 0.118 e. The highest BCUT2D eigenvalue weighted by molar-refractivity contribution is 5.27. The van der Waals surface area contributed by atoms with Crippen LogP contribution in [0.15, 0.2) is 24.3 Å². The fourth-order valence-electron chi connectivity index (χ4n) is 2.87. The molecule has 2 nitrogen and oxygen atoms in total. The summed E-state index contributed by atoms with van der Waals surface area (Å²) in [6.07, 6.45) is 10.9. The van der Waals surface area contributed by atoms with Crippen molar-refractivity contribution < 1.29 is 4.74 Å². The van der Waals surface area contributed by atoms with E-state index < -0.39 is 0 Å². The van der Waals surface area contributed by atoms with Crippen LogP contribution >= 0.6 is 0 Å². The van der Waals surface area contributed by atoms with Crippen LogP contribution in [0.2, 0.25) is 0 Å². The molecule has 0 atom stereocenters. The molecule has 1 aliphatic carbocycles. The molecule has 0 amide bonds.